The molecule has 0 aliphatic carbocycles. The van der Waals surface area contributed by atoms with Crippen molar-refractivity contribution in [2.75, 3.05) is 11.5 Å². The Balaban J connectivity index is 2.86. The quantitative estimate of drug-likeness (QED) is 0.804. The highest BCUT2D eigenvalue weighted by atomic mass is 32.2. The third kappa shape index (κ3) is 4.28. The van der Waals surface area contributed by atoms with E-state index in [0.717, 1.165) is 0 Å². The zero-order valence-electron chi connectivity index (χ0n) is 11.7. The van der Waals surface area contributed by atoms with Crippen LogP contribution in [-0.4, -0.2) is 33.6 Å². The molecule has 4 nitrogen and oxygen atoms in total. The molecule has 1 aromatic carbocycles. The molecule has 0 aromatic heterocycles. The van der Waals surface area contributed by atoms with Gasteiger partial charge in [-0.15, -0.1) is 0 Å². The van der Waals surface area contributed by atoms with E-state index >= 15 is 0 Å². The van der Waals surface area contributed by atoms with Crippen molar-refractivity contribution in [1.29, 1.82) is 0 Å². The topological polar surface area (TPSA) is 68.3 Å². The zero-order chi connectivity index (χ0) is 15.6. The van der Waals surface area contributed by atoms with Gasteiger partial charge in [0.2, 0.25) is 0 Å². The van der Waals surface area contributed by atoms with Crippen LogP contribution in [0.15, 0.2) is 24.3 Å². The summed E-state index contributed by atoms with van der Waals surface area (Å²) in [6, 6.07) is 5.17. The van der Waals surface area contributed by atoms with E-state index < -0.39 is 47.5 Å². The molecule has 0 saturated heterocycles. The molecule has 20 heavy (non-hydrogen) atoms. The van der Waals surface area contributed by atoms with Gasteiger partial charge in [-0.25, -0.2) is 21.2 Å². The van der Waals surface area contributed by atoms with Crippen LogP contribution in [0.4, 0.5) is 4.39 Å². The lowest BCUT2D eigenvalue weighted by Crippen LogP contribution is -2.25. The lowest BCUT2D eigenvalue weighted by molar-refractivity contribution is 0.578. The van der Waals surface area contributed by atoms with Crippen LogP contribution in [0.25, 0.3) is 0 Å². The molecule has 1 atom stereocenters. The average molecular weight is 322 g/mol. The van der Waals surface area contributed by atoms with Crippen LogP contribution in [0.5, 0.6) is 0 Å². The van der Waals surface area contributed by atoms with Gasteiger partial charge >= 0.3 is 0 Å². The van der Waals surface area contributed by atoms with E-state index in [1.54, 1.807) is 0 Å². The minimum absolute atomic E-state index is 0.390. The maximum Gasteiger partial charge on any atom is 0.158 e. The van der Waals surface area contributed by atoms with E-state index in [-0.39, 0.29) is 0 Å². The van der Waals surface area contributed by atoms with Crippen LogP contribution < -0.4 is 0 Å². The average Bonchev–Trinajstić information content (AvgIpc) is 2.36. The molecule has 0 bridgehead atoms. The van der Waals surface area contributed by atoms with Crippen LogP contribution in [0.2, 0.25) is 0 Å². The summed E-state index contributed by atoms with van der Waals surface area (Å²) in [6.45, 7) is 4.52. The normalized spacial score (nSPS) is 14.4. The van der Waals surface area contributed by atoms with E-state index in [0.29, 0.717) is 5.56 Å². The molecule has 114 valence electrons. The van der Waals surface area contributed by atoms with E-state index in [2.05, 4.69) is 0 Å². The standard InChI is InChI=1S/C13H19FO4S2/c1-10(2)19(15,16)8-9-20(17,18)11(3)12-4-6-13(14)7-5-12/h4-7,10-11H,8-9H2,1-3H3. The van der Waals surface area contributed by atoms with Crippen molar-refractivity contribution in [3.8, 4) is 0 Å². The predicted octanol–water partition coefficient (Wildman–Crippen LogP) is 2.12. The van der Waals surface area contributed by atoms with Crippen LogP contribution in [0, 0.1) is 5.82 Å². The highest BCUT2D eigenvalue weighted by Gasteiger charge is 2.26. The van der Waals surface area contributed by atoms with E-state index in [9.17, 15) is 21.2 Å². The van der Waals surface area contributed by atoms with Crippen molar-refractivity contribution >= 4 is 19.7 Å². The molecule has 1 aromatic rings. The van der Waals surface area contributed by atoms with E-state index in [1.165, 1.54) is 45.0 Å². The summed E-state index contributed by atoms with van der Waals surface area (Å²) in [5, 5.41) is -1.45. The van der Waals surface area contributed by atoms with E-state index in [4.69, 9.17) is 0 Å². The van der Waals surface area contributed by atoms with Crippen molar-refractivity contribution in [2.45, 2.75) is 31.3 Å². The number of sulfone groups is 2. The summed E-state index contributed by atoms with van der Waals surface area (Å²) in [4.78, 5) is 0. The zero-order valence-corrected chi connectivity index (χ0v) is 13.3. The second-order valence-electron chi connectivity index (χ2n) is 4.98. The second kappa shape index (κ2) is 6.22. The molecule has 0 radical (unpaired) electrons. The fourth-order valence-corrected chi connectivity index (χ4v) is 4.84. The fourth-order valence-electron chi connectivity index (χ4n) is 1.59. The summed E-state index contributed by atoms with van der Waals surface area (Å²) in [5.41, 5.74) is 0.452. The number of rotatable bonds is 6. The molecule has 0 aliphatic rings. The Morgan fingerprint density at radius 2 is 1.35 bits per heavy atom. The van der Waals surface area contributed by atoms with Crippen LogP contribution >= 0.6 is 0 Å². The van der Waals surface area contributed by atoms with Gasteiger partial charge in [0.05, 0.1) is 22.0 Å². The molecular weight excluding hydrogens is 303 g/mol. The molecule has 0 N–H and O–H groups in total. The maximum absolute atomic E-state index is 12.8. The summed E-state index contributed by atoms with van der Waals surface area (Å²) in [6.07, 6.45) is 0. The van der Waals surface area contributed by atoms with Crippen molar-refractivity contribution in [3.63, 3.8) is 0 Å². The van der Waals surface area contributed by atoms with Crippen LogP contribution in [0.1, 0.15) is 31.6 Å². The monoisotopic (exact) mass is 322 g/mol. The van der Waals surface area contributed by atoms with Gasteiger partial charge in [-0.2, -0.15) is 0 Å². The molecule has 0 heterocycles. The largest absolute Gasteiger partial charge is 0.229 e. The molecule has 0 amide bonds. The van der Waals surface area contributed by atoms with Crippen molar-refractivity contribution < 1.29 is 21.2 Å². The van der Waals surface area contributed by atoms with E-state index in [1.807, 2.05) is 0 Å². The van der Waals surface area contributed by atoms with Crippen LogP contribution in [-0.2, 0) is 19.7 Å². The predicted molar refractivity (Wildman–Crippen MR) is 77.5 cm³/mol. The third-order valence-electron chi connectivity index (χ3n) is 3.25. The highest BCUT2D eigenvalue weighted by Crippen LogP contribution is 2.23. The van der Waals surface area contributed by atoms with Crippen molar-refractivity contribution in [2.24, 2.45) is 0 Å². The van der Waals surface area contributed by atoms with Gasteiger partial charge < -0.3 is 0 Å². The Bertz CT molecular complexity index is 646. The van der Waals surface area contributed by atoms with Gasteiger partial charge in [0.15, 0.2) is 19.7 Å². The number of hydrogen-bond donors (Lipinski definition) is 0. The summed E-state index contributed by atoms with van der Waals surface area (Å²) >= 11 is 0. The van der Waals surface area contributed by atoms with Crippen molar-refractivity contribution in [3.05, 3.63) is 35.6 Å². The molecule has 0 aliphatic heterocycles. The summed E-state index contributed by atoms with van der Waals surface area (Å²) in [7, 11) is -6.99. The minimum atomic E-state index is -3.59. The Hall–Kier alpha value is -0.950. The lowest BCUT2D eigenvalue weighted by Gasteiger charge is -2.14. The number of halogens is 1. The number of benzene rings is 1. The first-order chi connectivity index (χ1) is 9.06. The van der Waals surface area contributed by atoms with Gasteiger partial charge in [0, 0.05) is 0 Å². The SMILES string of the molecule is CC(C)S(=O)(=O)CCS(=O)(=O)C(C)c1ccc(F)cc1. The maximum atomic E-state index is 12.8. The molecule has 0 fully saturated rings. The first-order valence-corrected chi connectivity index (χ1v) is 9.68. The Morgan fingerprint density at radius 3 is 1.80 bits per heavy atom. The number of hydrogen-bond acceptors (Lipinski definition) is 4. The Morgan fingerprint density at radius 1 is 0.900 bits per heavy atom. The Labute approximate surface area is 119 Å². The van der Waals surface area contributed by atoms with Gasteiger partial charge in [-0.1, -0.05) is 12.1 Å². The van der Waals surface area contributed by atoms with Crippen molar-refractivity contribution in [1.82, 2.24) is 0 Å². The summed E-state index contributed by atoms with van der Waals surface area (Å²) < 4.78 is 60.4. The second-order valence-corrected chi connectivity index (χ2v) is 10.1. The molecule has 0 saturated carbocycles. The third-order valence-corrected chi connectivity index (χ3v) is 7.84. The molecule has 0 spiro atoms. The minimum Gasteiger partial charge on any atom is -0.229 e. The smallest absolute Gasteiger partial charge is 0.158 e. The molecule has 1 unspecified atom stereocenters. The van der Waals surface area contributed by atoms with Gasteiger partial charge in [0.25, 0.3) is 0 Å². The molecular formula is C13H19FO4S2. The van der Waals surface area contributed by atoms with Crippen LogP contribution in [0.3, 0.4) is 0 Å². The van der Waals surface area contributed by atoms with Gasteiger partial charge in [-0.05, 0) is 38.5 Å². The first-order valence-electron chi connectivity index (χ1n) is 6.25. The first kappa shape index (κ1) is 17.1. The van der Waals surface area contributed by atoms with Gasteiger partial charge in [0.1, 0.15) is 5.82 Å². The Kier molecular flexibility index (Phi) is 5.32. The van der Waals surface area contributed by atoms with Gasteiger partial charge in [-0.3, -0.25) is 0 Å². The highest BCUT2D eigenvalue weighted by molar-refractivity contribution is 7.95. The lowest BCUT2D eigenvalue weighted by atomic mass is 10.2. The molecule has 1 rings (SSSR count). The summed E-state index contributed by atoms with van der Waals surface area (Å²) in [5.74, 6) is -1.26. The fraction of sp³-hybridized carbons (Fsp3) is 0.538. The molecule has 7 heteroatoms.